The highest BCUT2D eigenvalue weighted by Crippen LogP contribution is 2.22. The maximum atomic E-state index is 12.5. The summed E-state index contributed by atoms with van der Waals surface area (Å²) in [6, 6.07) is 26.2. The van der Waals surface area contributed by atoms with Gasteiger partial charge in [-0.2, -0.15) is 10.2 Å². The Morgan fingerprint density at radius 3 is 2.29 bits per heavy atom. The summed E-state index contributed by atoms with van der Waals surface area (Å²) in [5.74, 6) is 1.45. The molecule has 1 heterocycles. The van der Waals surface area contributed by atoms with Gasteiger partial charge in [0.2, 0.25) is 5.91 Å². The molecule has 0 aliphatic heterocycles. The van der Waals surface area contributed by atoms with E-state index in [1.807, 2.05) is 65.2 Å². The van der Waals surface area contributed by atoms with Crippen LogP contribution in [-0.4, -0.2) is 26.4 Å². The van der Waals surface area contributed by atoms with Crippen molar-refractivity contribution in [1.29, 1.82) is 0 Å². The molecule has 1 aromatic heterocycles. The molecule has 4 rings (SSSR count). The molecular formula is C26H24N6O2S. The van der Waals surface area contributed by atoms with Crippen molar-refractivity contribution in [3.63, 3.8) is 0 Å². The zero-order valence-electron chi connectivity index (χ0n) is 18.9. The highest BCUT2D eigenvalue weighted by Gasteiger charge is 2.14. The fraction of sp³-hybridized carbons (Fsp3) is 0.115. The standard InChI is InChI=1S/C26H24N6O2S/c1-2-17-32-24(18-34-23-11-7-4-8-12-23)30-31-26(32)35-19-25(33)27-20-13-15-22(16-14-20)29-28-21-9-5-3-6-10-21/h2-16H,1,17-19H2,(H,27,33). The number of azo groups is 1. The van der Waals surface area contributed by atoms with Crippen LogP contribution in [-0.2, 0) is 17.9 Å². The number of nitrogens with one attached hydrogen (secondary N) is 1. The normalized spacial score (nSPS) is 10.9. The van der Waals surface area contributed by atoms with Gasteiger partial charge in [-0.15, -0.1) is 16.8 Å². The molecule has 0 aliphatic carbocycles. The maximum absolute atomic E-state index is 12.5. The number of carbonyl (C=O) groups is 1. The van der Waals surface area contributed by atoms with Gasteiger partial charge in [-0.1, -0.05) is 54.2 Å². The second-order valence-corrected chi connectivity index (χ2v) is 8.26. The van der Waals surface area contributed by atoms with Crippen molar-refractivity contribution in [2.24, 2.45) is 10.2 Å². The van der Waals surface area contributed by atoms with E-state index >= 15 is 0 Å². The predicted octanol–water partition coefficient (Wildman–Crippen LogP) is 6.19. The van der Waals surface area contributed by atoms with Crippen LogP contribution in [0.1, 0.15) is 5.82 Å². The van der Waals surface area contributed by atoms with Crippen LogP contribution < -0.4 is 10.1 Å². The van der Waals surface area contributed by atoms with E-state index < -0.39 is 0 Å². The first-order valence-electron chi connectivity index (χ1n) is 10.9. The van der Waals surface area contributed by atoms with Gasteiger partial charge >= 0.3 is 0 Å². The number of nitrogens with zero attached hydrogens (tertiary/aromatic N) is 5. The largest absolute Gasteiger partial charge is 0.486 e. The number of ether oxygens (including phenoxy) is 1. The Hall–Kier alpha value is -4.24. The summed E-state index contributed by atoms with van der Waals surface area (Å²) >= 11 is 1.31. The second-order valence-electron chi connectivity index (χ2n) is 7.32. The Kier molecular flexibility index (Phi) is 8.39. The summed E-state index contributed by atoms with van der Waals surface area (Å²) in [6.07, 6.45) is 1.76. The van der Waals surface area contributed by atoms with E-state index in [1.165, 1.54) is 11.8 Å². The molecule has 0 saturated heterocycles. The number of para-hydroxylation sites is 1. The van der Waals surface area contributed by atoms with Crippen LogP contribution in [0.15, 0.2) is 113 Å². The number of carbonyl (C=O) groups excluding carboxylic acids is 1. The summed E-state index contributed by atoms with van der Waals surface area (Å²) in [5.41, 5.74) is 2.16. The third-order valence-corrected chi connectivity index (χ3v) is 5.70. The molecule has 0 radical (unpaired) electrons. The van der Waals surface area contributed by atoms with E-state index in [4.69, 9.17) is 4.74 Å². The van der Waals surface area contributed by atoms with E-state index in [0.29, 0.717) is 28.9 Å². The minimum atomic E-state index is -0.149. The van der Waals surface area contributed by atoms with E-state index in [-0.39, 0.29) is 18.3 Å². The summed E-state index contributed by atoms with van der Waals surface area (Å²) in [5, 5.41) is 20.4. The van der Waals surface area contributed by atoms with Gasteiger partial charge in [0, 0.05) is 12.2 Å². The van der Waals surface area contributed by atoms with Crippen LogP contribution in [0, 0.1) is 0 Å². The van der Waals surface area contributed by atoms with Gasteiger partial charge in [0.15, 0.2) is 11.0 Å². The number of hydrogen-bond donors (Lipinski definition) is 1. The van der Waals surface area contributed by atoms with Gasteiger partial charge in [-0.05, 0) is 48.5 Å². The molecule has 176 valence electrons. The summed E-state index contributed by atoms with van der Waals surface area (Å²) < 4.78 is 7.68. The molecule has 4 aromatic rings. The minimum absolute atomic E-state index is 0.149. The monoisotopic (exact) mass is 484 g/mol. The molecule has 0 atom stereocenters. The Labute approximate surface area is 207 Å². The predicted molar refractivity (Wildman–Crippen MR) is 137 cm³/mol. The maximum Gasteiger partial charge on any atom is 0.234 e. The molecule has 35 heavy (non-hydrogen) atoms. The number of aromatic nitrogens is 3. The van der Waals surface area contributed by atoms with E-state index in [9.17, 15) is 4.79 Å². The minimum Gasteiger partial charge on any atom is -0.486 e. The summed E-state index contributed by atoms with van der Waals surface area (Å²) in [7, 11) is 0. The number of rotatable bonds is 11. The number of amides is 1. The molecule has 0 saturated carbocycles. The molecule has 1 amide bonds. The molecule has 1 N–H and O–H groups in total. The molecular weight excluding hydrogens is 460 g/mol. The first-order valence-corrected chi connectivity index (χ1v) is 11.9. The zero-order chi connectivity index (χ0) is 24.3. The first-order chi connectivity index (χ1) is 17.2. The number of thioether (sulfide) groups is 1. The van der Waals surface area contributed by atoms with Crippen molar-refractivity contribution in [2.75, 3.05) is 11.1 Å². The van der Waals surface area contributed by atoms with E-state index in [1.54, 1.807) is 30.3 Å². The Balaban J connectivity index is 1.30. The molecule has 0 bridgehead atoms. The van der Waals surface area contributed by atoms with Crippen molar-refractivity contribution < 1.29 is 9.53 Å². The SMILES string of the molecule is C=CCn1c(COc2ccccc2)nnc1SCC(=O)Nc1ccc(N=Nc2ccccc2)cc1. The lowest BCUT2D eigenvalue weighted by Crippen LogP contribution is -2.15. The smallest absolute Gasteiger partial charge is 0.234 e. The first kappa shape index (κ1) is 23.9. The van der Waals surface area contributed by atoms with E-state index in [2.05, 4.69) is 32.3 Å². The quantitative estimate of drug-likeness (QED) is 0.156. The van der Waals surface area contributed by atoms with Gasteiger partial charge in [0.05, 0.1) is 17.1 Å². The van der Waals surface area contributed by atoms with Crippen molar-refractivity contribution in [2.45, 2.75) is 18.3 Å². The molecule has 0 spiro atoms. The van der Waals surface area contributed by atoms with Gasteiger partial charge in [-0.3, -0.25) is 9.36 Å². The number of hydrogen-bond acceptors (Lipinski definition) is 7. The average Bonchev–Trinajstić information content (AvgIpc) is 3.28. The Bertz CT molecular complexity index is 1270. The van der Waals surface area contributed by atoms with Crippen LogP contribution in [0.2, 0.25) is 0 Å². The summed E-state index contributed by atoms with van der Waals surface area (Å²) in [4.78, 5) is 12.5. The Morgan fingerprint density at radius 1 is 0.943 bits per heavy atom. The van der Waals surface area contributed by atoms with Crippen LogP contribution >= 0.6 is 11.8 Å². The summed E-state index contributed by atoms with van der Waals surface area (Å²) in [6.45, 7) is 4.59. The van der Waals surface area contributed by atoms with Crippen LogP contribution in [0.5, 0.6) is 5.75 Å². The molecule has 9 heteroatoms. The average molecular weight is 485 g/mol. The fourth-order valence-electron chi connectivity index (χ4n) is 3.06. The van der Waals surface area contributed by atoms with Crippen LogP contribution in [0.4, 0.5) is 17.1 Å². The lowest BCUT2D eigenvalue weighted by Gasteiger charge is -2.09. The van der Waals surface area contributed by atoms with Crippen LogP contribution in [0.3, 0.4) is 0 Å². The van der Waals surface area contributed by atoms with E-state index in [0.717, 1.165) is 11.4 Å². The number of anilines is 1. The lowest BCUT2D eigenvalue weighted by molar-refractivity contribution is -0.113. The van der Waals surface area contributed by atoms with Crippen molar-refractivity contribution in [1.82, 2.24) is 14.8 Å². The Morgan fingerprint density at radius 2 is 1.60 bits per heavy atom. The second kappa shape index (κ2) is 12.3. The van der Waals surface area contributed by atoms with Gasteiger partial charge < -0.3 is 10.1 Å². The fourth-order valence-corrected chi connectivity index (χ4v) is 3.83. The van der Waals surface area contributed by atoms with Gasteiger partial charge in [-0.25, -0.2) is 0 Å². The topological polar surface area (TPSA) is 93.8 Å². The highest BCUT2D eigenvalue weighted by atomic mass is 32.2. The van der Waals surface area contributed by atoms with Crippen molar-refractivity contribution >= 4 is 34.7 Å². The number of benzene rings is 3. The van der Waals surface area contributed by atoms with Crippen molar-refractivity contribution in [3.8, 4) is 5.75 Å². The highest BCUT2D eigenvalue weighted by molar-refractivity contribution is 7.99. The van der Waals surface area contributed by atoms with Gasteiger partial charge in [0.1, 0.15) is 12.4 Å². The van der Waals surface area contributed by atoms with Crippen LogP contribution in [0.25, 0.3) is 0 Å². The molecule has 0 fully saturated rings. The zero-order valence-corrected chi connectivity index (χ0v) is 19.8. The van der Waals surface area contributed by atoms with Gasteiger partial charge in [0.25, 0.3) is 0 Å². The molecule has 8 nitrogen and oxygen atoms in total. The third-order valence-electron chi connectivity index (χ3n) is 4.74. The molecule has 0 unspecified atom stereocenters. The third kappa shape index (κ3) is 7.12. The van der Waals surface area contributed by atoms with Crippen molar-refractivity contribution in [3.05, 3.63) is 103 Å². The molecule has 3 aromatic carbocycles. The number of allylic oxidation sites excluding steroid dienone is 1. The lowest BCUT2D eigenvalue weighted by atomic mass is 10.3. The molecule has 0 aliphatic rings.